The first-order chi connectivity index (χ1) is 11.0. The largest absolute Gasteiger partial charge is 0.309 e. The molecule has 23 heavy (non-hydrogen) atoms. The normalized spacial score (nSPS) is 11.4. The molecule has 3 aromatic rings. The predicted octanol–water partition coefficient (Wildman–Crippen LogP) is 4.94. The van der Waals surface area contributed by atoms with Crippen LogP contribution in [0.1, 0.15) is 5.56 Å². The predicted molar refractivity (Wildman–Crippen MR) is 101 cm³/mol. The Labute approximate surface area is 146 Å². The lowest BCUT2D eigenvalue weighted by Gasteiger charge is -2.23. The van der Waals surface area contributed by atoms with Gasteiger partial charge in [-0.15, -0.1) is 0 Å². The fourth-order valence-corrected chi connectivity index (χ4v) is 6.69. The number of aryl methyl sites for hydroxylation is 1. The van der Waals surface area contributed by atoms with Crippen LogP contribution in [0.4, 0.5) is 0 Å². The molecule has 0 aliphatic heterocycles. The Morgan fingerprint density at radius 2 is 1.04 bits per heavy atom. The van der Waals surface area contributed by atoms with Gasteiger partial charge in [-0.1, -0.05) is 71.7 Å². The molecule has 0 unspecified atom stereocenters. The van der Waals surface area contributed by atoms with E-state index in [1.165, 1.54) is 0 Å². The van der Waals surface area contributed by atoms with E-state index >= 15 is 0 Å². The summed E-state index contributed by atoms with van der Waals surface area (Å²) < 4.78 is 14.3. The zero-order valence-corrected chi connectivity index (χ0v) is 14.9. The Kier molecular flexibility index (Phi) is 4.64. The van der Waals surface area contributed by atoms with Gasteiger partial charge in [-0.2, -0.15) is 0 Å². The lowest BCUT2D eigenvalue weighted by atomic mass is 10.2. The summed E-state index contributed by atoms with van der Waals surface area (Å²) in [6.07, 6.45) is 0. The van der Waals surface area contributed by atoms with E-state index in [0.29, 0.717) is 20.7 Å². The van der Waals surface area contributed by atoms with Crippen LogP contribution in [0.5, 0.6) is 0 Å². The standard InChI is InChI=1S/C19H15Cl2OP/c1-14-8-2-5-11-17(14)23(22,18-12-6-3-9-15(18)20)19-13-7-4-10-16(19)21/h2-13H,1H3. The third kappa shape index (κ3) is 2.85. The van der Waals surface area contributed by atoms with Crippen LogP contribution in [0.15, 0.2) is 72.8 Å². The van der Waals surface area contributed by atoms with Gasteiger partial charge in [0.15, 0.2) is 7.14 Å². The molecule has 0 amide bonds. The van der Waals surface area contributed by atoms with Gasteiger partial charge in [-0.05, 0) is 36.8 Å². The van der Waals surface area contributed by atoms with E-state index in [-0.39, 0.29) is 0 Å². The molecule has 1 nitrogen and oxygen atoms in total. The minimum absolute atomic E-state index is 0.485. The van der Waals surface area contributed by atoms with Gasteiger partial charge in [0.25, 0.3) is 0 Å². The number of rotatable bonds is 3. The lowest BCUT2D eigenvalue weighted by molar-refractivity contribution is 0.592. The van der Waals surface area contributed by atoms with Crippen molar-refractivity contribution in [2.75, 3.05) is 0 Å². The van der Waals surface area contributed by atoms with Gasteiger partial charge in [0.1, 0.15) is 0 Å². The van der Waals surface area contributed by atoms with Crippen LogP contribution in [-0.2, 0) is 4.57 Å². The van der Waals surface area contributed by atoms with E-state index in [1.54, 1.807) is 12.1 Å². The number of benzene rings is 3. The molecule has 0 spiro atoms. The smallest absolute Gasteiger partial charge is 0.174 e. The Balaban J connectivity index is 2.41. The van der Waals surface area contributed by atoms with Crippen LogP contribution in [0.2, 0.25) is 10.0 Å². The molecule has 0 saturated heterocycles. The second-order valence-corrected chi connectivity index (χ2v) is 8.78. The van der Waals surface area contributed by atoms with Crippen molar-refractivity contribution in [1.29, 1.82) is 0 Å². The fourth-order valence-electron chi connectivity index (χ4n) is 2.72. The molecule has 0 radical (unpaired) electrons. The second-order valence-electron chi connectivity index (χ2n) is 5.30. The molecule has 116 valence electrons. The van der Waals surface area contributed by atoms with Gasteiger partial charge in [0.05, 0.1) is 10.0 Å². The quantitative estimate of drug-likeness (QED) is 0.604. The summed E-state index contributed by atoms with van der Waals surface area (Å²) in [6.45, 7) is 1.95. The van der Waals surface area contributed by atoms with Gasteiger partial charge >= 0.3 is 0 Å². The van der Waals surface area contributed by atoms with E-state index in [2.05, 4.69) is 0 Å². The average molecular weight is 361 g/mol. The molecule has 0 atom stereocenters. The fraction of sp³-hybridized carbons (Fsp3) is 0.0526. The van der Waals surface area contributed by atoms with E-state index in [4.69, 9.17) is 23.2 Å². The highest BCUT2D eigenvalue weighted by Gasteiger charge is 2.34. The van der Waals surface area contributed by atoms with Gasteiger partial charge < -0.3 is 4.57 Å². The molecule has 0 fully saturated rings. The number of hydrogen-bond acceptors (Lipinski definition) is 1. The highest BCUT2D eigenvalue weighted by atomic mass is 35.5. The van der Waals surface area contributed by atoms with E-state index < -0.39 is 7.14 Å². The Hall–Kier alpha value is -1.53. The topological polar surface area (TPSA) is 17.1 Å². The molecule has 0 aliphatic carbocycles. The first-order valence-corrected chi connectivity index (χ1v) is 9.68. The zero-order valence-electron chi connectivity index (χ0n) is 12.5. The van der Waals surface area contributed by atoms with Crippen molar-refractivity contribution in [2.45, 2.75) is 6.92 Å². The van der Waals surface area contributed by atoms with Gasteiger partial charge in [0.2, 0.25) is 0 Å². The average Bonchev–Trinajstić information content (AvgIpc) is 2.55. The first-order valence-electron chi connectivity index (χ1n) is 7.21. The van der Waals surface area contributed by atoms with Gasteiger partial charge in [0, 0.05) is 15.9 Å². The summed E-state index contributed by atoms with van der Waals surface area (Å²) in [5, 5.41) is 2.97. The van der Waals surface area contributed by atoms with Crippen LogP contribution in [0.3, 0.4) is 0 Å². The van der Waals surface area contributed by atoms with Crippen LogP contribution in [0, 0.1) is 6.92 Å². The van der Waals surface area contributed by atoms with E-state index in [9.17, 15) is 4.57 Å². The monoisotopic (exact) mass is 360 g/mol. The minimum Gasteiger partial charge on any atom is -0.309 e. The van der Waals surface area contributed by atoms with E-state index in [1.807, 2.05) is 67.6 Å². The molecule has 3 aromatic carbocycles. The zero-order chi connectivity index (χ0) is 16.4. The maximum absolute atomic E-state index is 14.3. The number of halogens is 2. The summed E-state index contributed by atoms with van der Waals surface area (Å²) >= 11 is 12.8. The van der Waals surface area contributed by atoms with Crippen LogP contribution < -0.4 is 15.9 Å². The summed E-state index contributed by atoms with van der Waals surface area (Å²) in [7, 11) is -3.15. The molecule has 3 rings (SSSR count). The summed E-state index contributed by atoms with van der Waals surface area (Å²) in [6, 6.07) is 22.2. The van der Waals surface area contributed by atoms with Crippen molar-refractivity contribution in [1.82, 2.24) is 0 Å². The second kappa shape index (κ2) is 6.53. The summed E-state index contributed by atoms with van der Waals surface area (Å²) in [5.74, 6) is 0. The highest BCUT2D eigenvalue weighted by Crippen LogP contribution is 2.46. The maximum Gasteiger partial charge on any atom is 0.174 e. The van der Waals surface area contributed by atoms with Crippen molar-refractivity contribution < 1.29 is 4.57 Å². The molecule has 4 heteroatoms. The van der Waals surface area contributed by atoms with Crippen LogP contribution >= 0.6 is 30.3 Å². The lowest BCUT2D eigenvalue weighted by Crippen LogP contribution is -2.27. The summed E-state index contributed by atoms with van der Waals surface area (Å²) in [4.78, 5) is 0. The minimum atomic E-state index is -3.15. The molecular weight excluding hydrogens is 346 g/mol. The molecule has 0 bridgehead atoms. The van der Waals surface area contributed by atoms with E-state index in [0.717, 1.165) is 10.9 Å². The molecule has 0 aromatic heterocycles. The Morgan fingerprint density at radius 3 is 1.48 bits per heavy atom. The van der Waals surface area contributed by atoms with Crippen LogP contribution in [-0.4, -0.2) is 0 Å². The van der Waals surface area contributed by atoms with Crippen molar-refractivity contribution in [2.24, 2.45) is 0 Å². The molecule has 0 saturated carbocycles. The van der Waals surface area contributed by atoms with Crippen molar-refractivity contribution in [3.63, 3.8) is 0 Å². The van der Waals surface area contributed by atoms with Crippen molar-refractivity contribution in [3.05, 3.63) is 88.4 Å². The molecule has 0 N–H and O–H groups in total. The van der Waals surface area contributed by atoms with Gasteiger partial charge in [-0.25, -0.2) is 0 Å². The summed E-state index contributed by atoms with van der Waals surface area (Å²) in [5.41, 5.74) is 0.954. The Bertz CT molecular complexity index is 787. The SMILES string of the molecule is Cc1ccccc1P(=O)(c1ccccc1Cl)c1ccccc1Cl. The van der Waals surface area contributed by atoms with Gasteiger partial charge in [-0.3, -0.25) is 0 Å². The maximum atomic E-state index is 14.3. The number of hydrogen-bond donors (Lipinski definition) is 0. The molecule has 0 heterocycles. The third-order valence-corrected chi connectivity index (χ3v) is 8.08. The third-order valence-electron chi connectivity index (χ3n) is 3.84. The Morgan fingerprint density at radius 1 is 0.652 bits per heavy atom. The molecule has 0 aliphatic rings. The molecular formula is C19H15Cl2OP. The first kappa shape index (κ1) is 16.3. The van der Waals surface area contributed by atoms with Crippen molar-refractivity contribution >= 4 is 46.3 Å². The highest BCUT2D eigenvalue weighted by molar-refractivity contribution is 7.85. The van der Waals surface area contributed by atoms with Crippen molar-refractivity contribution in [3.8, 4) is 0 Å². The van der Waals surface area contributed by atoms with Crippen LogP contribution in [0.25, 0.3) is 0 Å².